The number of anilines is 1. The smallest absolute Gasteiger partial charge is 0.254 e. The molecule has 3 amide bonds. The molecule has 168 valence electrons. The number of amides is 3. The number of carbonyl (C=O) groups is 3. The van der Waals surface area contributed by atoms with Crippen LogP contribution in [0, 0.1) is 0 Å². The van der Waals surface area contributed by atoms with E-state index in [9.17, 15) is 14.4 Å². The van der Waals surface area contributed by atoms with Crippen molar-refractivity contribution in [3.63, 3.8) is 0 Å². The van der Waals surface area contributed by atoms with Crippen LogP contribution >= 0.6 is 23.8 Å². The number of nitrogens with one attached hydrogen (secondary N) is 2. The summed E-state index contributed by atoms with van der Waals surface area (Å²) in [5.74, 6) is -0.397. The van der Waals surface area contributed by atoms with Gasteiger partial charge in [-0.1, -0.05) is 23.7 Å². The number of hydrogen-bond acceptors (Lipinski definition) is 5. The molecule has 0 saturated carbocycles. The second-order valence-electron chi connectivity index (χ2n) is 7.07. The molecule has 1 heterocycles. The SMILES string of the molecule is CCN1C(=O)C(CC(=O)Nc2ccc(Cl)cc2)N(NC(=O)Cc2ccc(OC)cc2)C1=S. The van der Waals surface area contributed by atoms with Gasteiger partial charge < -0.3 is 10.1 Å². The third-order valence-electron chi connectivity index (χ3n) is 4.89. The van der Waals surface area contributed by atoms with Crippen molar-refractivity contribution in [3.8, 4) is 5.75 Å². The van der Waals surface area contributed by atoms with E-state index in [1.165, 1.54) is 9.91 Å². The molecule has 1 aliphatic rings. The molecule has 2 aromatic rings. The molecule has 0 aromatic heterocycles. The number of methoxy groups -OCH3 is 1. The molecule has 10 heteroatoms. The van der Waals surface area contributed by atoms with Crippen LogP contribution in [0.25, 0.3) is 0 Å². The number of ether oxygens (including phenoxy) is 1. The fourth-order valence-corrected chi connectivity index (χ4v) is 3.78. The van der Waals surface area contributed by atoms with Gasteiger partial charge in [-0.2, -0.15) is 0 Å². The minimum absolute atomic E-state index is 0.0765. The third kappa shape index (κ3) is 5.54. The number of halogens is 1. The topological polar surface area (TPSA) is 91.0 Å². The van der Waals surface area contributed by atoms with E-state index in [2.05, 4.69) is 10.7 Å². The highest BCUT2D eigenvalue weighted by atomic mass is 35.5. The van der Waals surface area contributed by atoms with Crippen LogP contribution in [0.4, 0.5) is 5.69 Å². The predicted molar refractivity (Wildman–Crippen MR) is 125 cm³/mol. The number of likely N-dealkylation sites (N-methyl/N-ethyl adjacent to an activating group) is 1. The van der Waals surface area contributed by atoms with Gasteiger partial charge in [-0.15, -0.1) is 0 Å². The minimum atomic E-state index is -0.936. The highest BCUT2D eigenvalue weighted by molar-refractivity contribution is 7.80. The molecule has 3 rings (SSSR count). The highest BCUT2D eigenvalue weighted by Gasteiger charge is 2.43. The lowest BCUT2D eigenvalue weighted by molar-refractivity contribution is -0.132. The van der Waals surface area contributed by atoms with Crippen molar-refractivity contribution in [1.82, 2.24) is 15.3 Å². The van der Waals surface area contributed by atoms with E-state index in [1.807, 2.05) is 0 Å². The zero-order chi connectivity index (χ0) is 23.3. The third-order valence-corrected chi connectivity index (χ3v) is 5.56. The van der Waals surface area contributed by atoms with Crippen molar-refractivity contribution >= 4 is 52.3 Å². The van der Waals surface area contributed by atoms with Gasteiger partial charge in [0.05, 0.1) is 20.0 Å². The number of nitrogens with zero attached hydrogens (tertiary/aromatic N) is 2. The first kappa shape index (κ1) is 23.5. The lowest BCUT2D eigenvalue weighted by Crippen LogP contribution is -2.50. The molecule has 2 aromatic carbocycles. The summed E-state index contributed by atoms with van der Waals surface area (Å²) in [6, 6.07) is 12.8. The molecule has 0 bridgehead atoms. The van der Waals surface area contributed by atoms with Crippen LogP contribution in [-0.4, -0.2) is 52.4 Å². The van der Waals surface area contributed by atoms with Gasteiger partial charge in [-0.3, -0.25) is 24.7 Å². The van der Waals surface area contributed by atoms with Gasteiger partial charge in [-0.05, 0) is 61.1 Å². The number of rotatable bonds is 8. The summed E-state index contributed by atoms with van der Waals surface area (Å²) < 4.78 is 5.12. The predicted octanol–water partition coefficient (Wildman–Crippen LogP) is 2.77. The van der Waals surface area contributed by atoms with Crippen molar-refractivity contribution in [2.45, 2.75) is 25.8 Å². The van der Waals surface area contributed by atoms with E-state index in [0.29, 0.717) is 23.0 Å². The van der Waals surface area contributed by atoms with Crippen LogP contribution in [0.5, 0.6) is 5.75 Å². The lowest BCUT2D eigenvalue weighted by Gasteiger charge is -2.24. The second kappa shape index (κ2) is 10.4. The summed E-state index contributed by atoms with van der Waals surface area (Å²) in [4.78, 5) is 39.4. The van der Waals surface area contributed by atoms with Crippen molar-refractivity contribution in [2.75, 3.05) is 19.0 Å². The van der Waals surface area contributed by atoms with E-state index in [0.717, 1.165) is 5.56 Å². The molecule has 0 radical (unpaired) electrons. The summed E-state index contributed by atoms with van der Waals surface area (Å²) in [5.41, 5.74) is 4.01. The van der Waals surface area contributed by atoms with Gasteiger partial charge >= 0.3 is 0 Å². The number of hydrazine groups is 1. The second-order valence-corrected chi connectivity index (χ2v) is 7.87. The average Bonchev–Trinajstić information content (AvgIpc) is 2.99. The summed E-state index contributed by atoms with van der Waals surface area (Å²) in [5, 5.41) is 4.73. The van der Waals surface area contributed by atoms with Crippen LogP contribution in [0.2, 0.25) is 5.02 Å². The molecular formula is C22H23ClN4O4S. The molecule has 1 saturated heterocycles. The van der Waals surface area contributed by atoms with Crippen LogP contribution in [0.15, 0.2) is 48.5 Å². The molecule has 1 fully saturated rings. The average molecular weight is 475 g/mol. The van der Waals surface area contributed by atoms with E-state index in [-0.39, 0.29) is 35.7 Å². The van der Waals surface area contributed by atoms with Gasteiger partial charge in [0.25, 0.3) is 5.91 Å². The maximum absolute atomic E-state index is 12.8. The van der Waals surface area contributed by atoms with Gasteiger partial charge in [0.1, 0.15) is 11.8 Å². The molecular weight excluding hydrogens is 452 g/mol. The maximum Gasteiger partial charge on any atom is 0.254 e. The van der Waals surface area contributed by atoms with Crippen LogP contribution in [-0.2, 0) is 20.8 Å². The molecule has 0 aliphatic carbocycles. The van der Waals surface area contributed by atoms with Crippen LogP contribution in [0.3, 0.4) is 0 Å². The number of carbonyl (C=O) groups excluding carboxylic acids is 3. The fourth-order valence-electron chi connectivity index (χ4n) is 3.27. The summed E-state index contributed by atoms with van der Waals surface area (Å²) in [6.07, 6.45) is -0.103. The van der Waals surface area contributed by atoms with Gasteiger partial charge in [0, 0.05) is 17.3 Å². The van der Waals surface area contributed by atoms with E-state index in [4.69, 9.17) is 28.6 Å². The first-order chi connectivity index (χ1) is 15.3. The Hall–Kier alpha value is -3.17. The van der Waals surface area contributed by atoms with Crippen molar-refractivity contribution in [1.29, 1.82) is 0 Å². The molecule has 2 N–H and O–H groups in total. The monoisotopic (exact) mass is 474 g/mol. The Labute approximate surface area is 196 Å². The van der Waals surface area contributed by atoms with Crippen LogP contribution < -0.4 is 15.5 Å². The maximum atomic E-state index is 12.8. The van der Waals surface area contributed by atoms with Crippen molar-refractivity contribution in [3.05, 3.63) is 59.1 Å². The minimum Gasteiger partial charge on any atom is -0.497 e. The van der Waals surface area contributed by atoms with Crippen molar-refractivity contribution < 1.29 is 19.1 Å². The van der Waals surface area contributed by atoms with Gasteiger partial charge in [-0.25, -0.2) is 5.01 Å². The van der Waals surface area contributed by atoms with Crippen molar-refractivity contribution in [2.24, 2.45) is 0 Å². The molecule has 8 nitrogen and oxygen atoms in total. The lowest BCUT2D eigenvalue weighted by atomic mass is 10.1. The number of benzene rings is 2. The quantitative estimate of drug-likeness (QED) is 0.572. The first-order valence-electron chi connectivity index (χ1n) is 9.94. The first-order valence-corrected chi connectivity index (χ1v) is 10.7. The largest absolute Gasteiger partial charge is 0.497 e. The Morgan fingerprint density at radius 3 is 2.34 bits per heavy atom. The van der Waals surface area contributed by atoms with E-state index >= 15 is 0 Å². The fraction of sp³-hybridized carbons (Fsp3) is 0.273. The molecule has 32 heavy (non-hydrogen) atoms. The zero-order valence-corrected chi connectivity index (χ0v) is 19.2. The van der Waals surface area contributed by atoms with E-state index in [1.54, 1.807) is 62.6 Å². The normalized spacial score (nSPS) is 15.7. The molecule has 0 spiro atoms. The van der Waals surface area contributed by atoms with Crippen LogP contribution in [0.1, 0.15) is 18.9 Å². The standard InChI is InChI=1S/C22H23ClN4O4S/c1-3-26-21(30)18(13-19(28)24-16-8-6-15(23)7-9-16)27(22(26)32)25-20(29)12-14-4-10-17(31-2)11-5-14/h4-11,18H,3,12-13H2,1-2H3,(H,24,28)(H,25,29). The number of hydrogen-bond donors (Lipinski definition) is 2. The van der Waals surface area contributed by atoms with Gasteiger partial charge in [0.2, 0.25) is 11.8 Å². The molecule has 1 aliphatic heterocycles. The Bertz CT molecular complexity index is 1010. The number of thiocarbonyl (C=S) groups is 1. The van der Waals surface area contributed by atoms with E-state index < -0.39 is 6.04 Å². The Morgan fingerprint density at radius 2 is 1.75 bits per heavy atom. The summed E-state index contributed by atoms with van der Waals surface area (Å²) in [7, 11) is 1.57. The highest BCUT2D eigenvalue weighted by Crippen LogP contribution is 2.20. The Balaban J connectivity index is 1.68. The zero-order valence-electron chi connectivity index (χ0n) is 17.6. The molecule has 1 unspecified atom stereocenters. The Kier molecular flexibility index (Phi) is 7.66. The summed E-state index contributed by atoms with van der Waals surface area (Å²) >= 11 is 11.2. The molecule has 1 atom stereocenters. The summed E-state index contributed by atoms with van der Waals surface area (Å²) in [6.45, 7) is 2.11. The van der Waals surface area contributed by atoms with Gasteiger partial charge in [0.15, 0.2) is 5.11 Å². The Morgan fingerprint density at radius 1 is 1.09 bits per heavy atom.